The molecule has 5 nitrogen and oxygen atoms in total. The van der Waals surface area contributed by atoms with Crippen LogP contribution in [-0.2, 0) is 14.8 Å². The summed E-state index contributed by atoms with van der Waals surface area (Å²) < 4.78 is 61.1. The molecule has 0 saturated heterocycles. The van der Waals surface area contributed by atoms with Gasteiger partial charge in [-0.2, -0.15) is 13.2 Å². The number of halogens is 3. The standard InChI is InChI=1S/C11H18F3NO4S/c12-11(13,14)6-3-7-20(18,19)15-8-10(9(16)17)4-1-2-5-10/h15H,1-8H2,(H,16,17). The lowest BCUT2D eigenvalue weighted by molar-refractivity contribution is -0.148. The van der Waals surface area contributed by atoms with Crippen molar-refractivity contribution < 1.29 is 31.5 Å². The van der Waals surface area contributed by atoms with Crippen LogP contribution in [0.1, 0.15) is 38.5 Å². The number of sulfonamides is 1. The van der Waals surface area contributed by atoms with Gasteiger partial charge in [0.2, 0.25) is 10.0 Å². The lowest BCUT2D eigenvalue weighted by Gasteiger charge is -2.23. The van der Waals surface area contributed by atoms with Crippen LogP contribution < -0.4 is 4.72 Å². The lowest BCUT2D eigenvalue weighted by atomic mass is 9.87. The third-order valence-electron chi connectivity index (χ3n) is 3.52. The average molecular weight is 317 g/mol. The first kappa shape index (κ1) is 17.2. The third-order valence-corrected chi connectivity index (χ3v) is 4.93. The lowest BCUT2D eigenvalue weighted by Crippen LogP contribution is -2.42. The SMILES string of the molecule is O=C(O)C1(CNS(=O)(=O)CCCC(F)(F)F)CCCC1. The molecule has 0 unspecified atom stereocenters. The molecule has 0 heterocycles. The number of alkyl halides is 3. The molecule has 0 aromatic heterocycles. The first-order chi connectivity index (χ1) is 9.06. The number of nitrogens with one attached hydrogen (secondary N) is 1. The minimum absolute atomic E-state index is 0.253. The number of hydrogen-bond acceptors (Lipinski definition) is 3. The molecule has 9 heteroatoms. The Kier molecular flexibility index (Phi) is 5.42. The van der Waals surface area contributed by atoms with Crippen molar-refractivity contribution in [3.63, 3.8) is 0 Å². The van der Waals surface area contributed by atoms with E-state index < -0.39 is 46.2 Å². The number of rotatable bonds is 7. The van der Waals surface area contributed by atoms with Gasteiger partial charge < -0.3 is 5.11 Å². The first-order valence-electron chi connectivity index (χ1n) is 6.34. The summed E-state index contributed by atoms with van der Waals surface area (Å²) in [4.78, 5) is 11.2. The van der Waals surface area contributed by atoms with E-state index in [0.29, 0.717) is 25.7 Å². The van der Waals surface area contributed by atoms with Gasteiger partial charge in [0.05, 0.1) is 11.2 Å². The predicted molar refractivity (Wildman–Crippen MR) is 65.6 cm³/mol. The molecule has 0 atom stereocenters. The number of carboxylic acid groups (broad SMARTS) is 1. The second kappa shape index (κ2) is 6.30. The maximum Gasteiger partial charge on any atom is 0.389 e. The molecule has 0 amide bonds. The van der Waals surface area contributed by atoms with Crippen molar-refractivity contribution in [2.45, 2.75) is 44.7 Å². The summed E-state index contributed by atoms with van der Waals surface area (Å²) in [5.74, 6) is -1.71. The monoisotopic (exact) mass is 317 g/mol. The van der Waals surface area contributed by atoms with Gasteiger partial charge in [-0.3, -0.25) is 4.79 Å². The highest BCUT2D eigenvalue weighted by Crippen LogP contribution is 2.37. The van der Waals surface area contributed by atoms with Crippen LogP contribution in [0.2, 0.25) is 0 Å². The molecule has 1 aliphatic rings. The summed E-state index contributed by atoms with van der Waals surface area (Å²) in [6.45, 7) is -0.253. The van der Waals surface area contributed by atoms with E-state index >= 15 is 0 Å². The molecule has 0 aliphatic heterocycles. The van der Waals surface area contributed by atoms with Gasteiger partial charge in [-0.25, -0.2) is 13.1 Å². The number of carbonyl (C=O) groups is 1. The van der Waals surface area contributed by atoms with Gasteiger partial charge in [0.15, 0.2) is 0 Å². The largest absolute Gasteiger partial charge is 0.481 e. The van der Waals surface area contributed by atoms with Gasteiger partial charge >= 0.3 is 12.1 Å². The minimum Gasteiger partial charge on any atom is -0.481 e. The molecule has 118 valence electrons. The number of aliphatic carboxylic acids is 1. The van der Waals surface area contributed by atoms with Crippen LogP contribution in [-0.4, -0.2) is 38.0 Å². The molecule has 0 spiro atoms. The molecule has 0 aromatic rings. The molecule has 0 radical (unpaired) electrons. The molecule has 1 aliphatic carbocycles. The maximum atomic E-state index is 11.9. The zero-order valence-electron chi connectivity index (χ0n) is 10.9. The second-order valence-corrected chi connectivity index (χ2v) is 7.08. The highest BCUT2D eigenvalue weighted by atomic mass is 32.2. The Hall–Kier alpha value is -0.830. The zero-order valence-corrected chi connectivity index (χ0v) is 11.7. The summed E-state index contributed by atoms with van der Waals surface area (Å²) in [5.41, 5.74) is -1.11. The minimum atomic E-state index is -4.39. The summed E-state index contributed by atoms with van der Waals surface area (Å²) in [7, 11) is -3.88. The maximum absolute atomic E-state index is 11.9. The van der Waals surface area contributed by atoms with Crippen molar-refractivity contribution in [2.24, 2.45) is 5.41 Å². The van der Waals surface area contributed by atoms with Crippen LogP contribution in [0.15, 0.2) is 0 Å². The average Bonchev–Trinajstić information content (AvgIpc) is 2.74. The van der Waals surface area contributed by atoms with E-state index in [9.17, 15) is 26.4 Å². The summed E-state index contributed by atoms with van der Waals surface area (Å²) in [6, 6.07) is 0. The van der Waals surface area contributed by atoms with Gasteiger partial charge in [-0.05, 0) is 19.3 Å². The quantitative estimate of drug-likeness (QED) is 0.751. The fourth-order valence-electron chi connectivity index (χ4n) is 2.30. The molecule has 0 aromatic carbocycles. The third kappa shape index (κ3) is 5.28. The predicted octanol–water partition coefficient (Wildman–Crippen LogP) is 1.89. The van der Waals surface area contributed by atoms with E-state index in [2.05, 4.69) is 4.72 Å². The van der Waals surface area contributed by atoms with Gasteiger partial charge in [0, 0.05) is 13.0 Å². The van der Waals surface area contributed by atoms with Crippen LogP contribution in [0, 0.1) is 5.41 Å². The van der Waals surface area contributed by atoms with Gasteiger partial charge in [0.25, 0.3) is 0 Å². The van der Waals surface area contributed by atoms with Crippen LogP contribution >= 0.6 is 0 Å². The van der Waals surface area contributed by atoms with E-state index in [1.165, 1.54) is 0 Å². The summed E-state index contributed by atoms with van der Waals surface area (Å²) in [5, 5.41) is 9.16. The first-order valence-corrected chi connectivity index (χ1v) is 7.99. The Morgan fingerprint density at radius 1 is 1.25 bits per heavy atom. The Bertz CT molecular complexity index is 441. The second-order valence-electron chi connectivity index (χ2n) is 5.15. The van der Waals surface area contributed by atoms with Crippen LogP contribution in [0.3, 0.4) is 0 Å². The van der Waals surface area contributed by atoms with Crippen molar-refractivity contribution >= 4 is 16.0 Å². The Balaban J connectivity index is 2.48. The normalized spacial score (nSPS) is 19.1. The summed E-state index contributed by atoms with van der Waals surface area (Å²) in [6.07, 6.45) is -3.90. The molecule has 2 N–H and O–H groups in total. The van der Waals surface area contributed by atoms with E-state index in [-0.39, 0.29) is 6.54 Å². The molecule has 1 saturated carbocycles. The Morgan fingerprint density at radius 2 is 1.80 bits per heavy atom. The van der Waals surface area contributed by atoms with E-state index in [4.69, 9.17) is 5.11 Å². The zero-order chi connectivity index (χ0) is 15.4. The smallest absolute Gasteiger partial charge is 0.389 e. The van der Waals surface area contributed by atoms with Crippen molar-refractivity contribution in [2.75, 3.05) is 12.3 Å². The van der Waals surface area contributed by atoms with Crippen molar-refractivity contribution in [3.05, 3.63) is 0 Å². The molecule has 20 heavy (non-hydrogen) atoms. The van der Waals surface area contributed by atoms with Gasteiger partial charge in [-0.1, -0.05) is 12.8 Å². The van der Waals surface area contributed by atoms with Crippen LogP contribution in [0.25, 0.3) is 0 Å². The fraction of sp³-hybridized carbons (Fsp3) is 0.909. The molecule has 1 fully saturated rings. The van der Waals surface area contributed by atoms with Crippen molar-refractivity contribution in [1.29, 1.82) is 0 Å². The van der Waals surface area contributed by atoms with Gasteiger partial charge in [-0.15, -0.1) is 0 Å². The molecular formula is C11H18F3NO4S. The Labute approximate surface area is 115 Å². The topological polar surface area (TPSA) is 83.5 Å². The van der Waals surface area contributed by atoms with E-state index in [1.54, 1.807) is 0 Å². The van der Waals surface area contributed by atoms with Gasteiger partial charge in [0.1, 0.15) is 0 Å². The van der Waals surface area contributed by atoms with Crippen molar-refractivity contribution in [3.8, 4) is 0 Å². The van der Waals surface area contributed by atoms with E-state index in [0.717, 1.165) is 0 Å². The fourth-order valence-corrected chi connectivity index (χ4v) is 3.47. The van der Waals surface area contributed by atoms with Crippen molar-refractivity contribution in [1.82, 2.24) is 4.72 Å². The molecule has 0 bridgehead atoms. The van der Waals surface area contributed by atoms with Crippen LogP contribution in [0.4, 0.5) is 13.2 Å². The number of carboxylic acids is 1. The highest BCUT2D eigenvalue weighted by Gasteiger charge is 2.41. The highest BCUT2D eigenvalue weighted by molar-refractivity contribution is 7.89. The number of hydrogen-bond donors (Lipinski definition) is 2. The molecule has 1 rings (SSSR count). The van der Waals surface area contributed by atoms with E-state index in [1.807, 2.05) is 0 Å². The molecular weight excluding hydrogens is 299 g/mol. The Morgan fingerprint density at radius 3 is 2.25 bits per heavy atom. The van der Waals surface area contributed by atoms with Crippen LogP contribution in [0.5, 0.6) is 0 Å². The summed E-state index contributed by atoms with van der Waals surface area (Å²) >= 11 is 0.